The number of pyridine rings is 1. The molecular formula is C22H23N3O2. The van der Waals surface area contributed by atoms with Crippen LogP contribution < -0.4 is 15.4 Å². The number of hydrogen-bond acceptors (Lipinski definition) is 4. The molecule has 3 aromatic rings. The number of para-hydroxylation sites is 1. The van der Waals surface area contributed by atoms with Gasteiger partial charge in [0.1, 0.15) is 5.75 Å². The highest BCUT2D eigenvalue weighted by atomic mass is 16.5. The van der Waals surface area contributed by atoms with Crippen molar-refractivity contribution in [2.24, 2.45) is 0 Å². The van der Waals surface area contributed by atoms with Crippen LogP contribution in [-0.4, -0.2) is 17.0 Å². The predicted molar refractivity (Wildman–Crippen MR) is 109 cm³/mol. The number of benzene rings is 2. The number of amides is 1. The molecule has 2 N–H and O–H groups in total. The van der Waals surface area contributed by atoms with Crippen LogP contribution in [0.2, 0.25) is 0 Å². The van der Waals surface area contributed by atoms with Crippen LogP contribution in [0.4, 0.5) is 17.1 Å². The van der Waals surface area contributed by atoms with Crippen LogP contribution in [0, 0.1) is 6.92 Å². The number of nitrogens with zero attached hydrogens (tertiary/aromatic N) is 1. The Bertz CT molecular complexity index is 921. The molecule has 2 aromatic carbocycles. The van der Waals surface area contributed by atoms with Crippen molar-refractivity contribution in [1.82, 2.24) is 4.98 Å². The Kier molecular flexibility index (Phi) is 5.71. The Morgan fingerprint density at radius 3 is 2.44 bits per heavy atom. The monoisotopic (exact) mass is 361 g/mol. The maximum atomic E-state index is 12.5. The van der Waals surface area contributed by atoms with Gasteiger partial charge in [0.05, 0.1) is 23.6 Å². The summed E-state index contributed by atoms with van der Waals surface area (Å²) in [6.45, 7) is 5.97. The molecule has 1 aromatic heterocycles. The van der Waals surface area contributed by atoms with Gasteiger partial charge in [-0.25, -0.2) is 0 Å². The van der Waals surface area contributed by atoms with E-state index in [-0.39, 0.29) is 12.0 Å². The fourth-order valence-corrected chi connectivity index (χ4v) is 2.59. The van der Waals surface area contributed by atoms with Crippen LogP contribution >= 0.6 is 0 Å². The molecule has 0 saturated heterocycles. The molecule has 0 saturated carbocycles. The number of aromatic nitrogens is 1. The molecular weight excluding hydrogens is 338 g/mol. The van der Waals surface area contributed by atoms with E-state index in [4.69, 9.17) is 4.74 Å². The average Bonchev–Trinajstić information content (AvgIpc) is 2.65. The smallest absolute Gasteiger partial charge is 0.257 e. The van der Waals surface area contributed by atoms with Gasteiger partial charge in [0.25, 0.3) is 5.91 Å². The van der Waals surface area contributed by atoms with Crippen LogP contribution in [-0.2, 0) is 0 Å². The van der Waals surface area contributed by atoms with Crippen molar-refractivity contribution in [2.75, 3.05) is 10.6 Å². The van der Waals surface area contributed by atoms with Gasteiger partial charge in [-0.2, -0.15) is 0 Å². The standard InChI is InChI=1S/C22H23N3O2/c1-15(2)27-20-10-8-18(9-11-20)25-22(26)17-12-19(14-23-13-17)24-21-7-5-4-6-16(21)3/h4-15,24H,1-3H3,(H,25,26). The number of hydrogen-bond donors (Lipinski definition) is 2. The number of carbonyl (C=O) groups excluding carboxylic acids is 1. The quantitative estimate of drug-likeness (QED) is 0.635. The molecule has 0 bridgehead atoms. The molecule has 0 fully saturated rings. The zero-order valence-electron chi connectivity index (χ0n) is 15.7. The molecule has 0 aliphatic rings. The van der Waals surface area contributed by atoms with Gasteiger partial charge in [-0.1, -0.05) is 18.2 Å². The van der Waals surface area contributed by atoms with E-state index in [1.807, 2.05) is 69.3 Å². The first-order valence-corrected chi connectivity index (χ1v) is 8.87. The van der Waals surface area contributed by atoms with Gasteiger partial charge >= 0.3 is 0 Å². The van der Waals surface area contributed by atoms with Gasteiger partial charge in [0.15, 0.2) is 0 Å². The van der Waals surface area contributed by atoms with Crippen LogP contribution in [0.25, 0.3) is 0 Å². The number of nitrogens with one attached hydrogen (secondary N) is 2. The lowest BCUT2D eigenvalue weighted by Crippen LogP contribution is -2.12. The molecule has 0 atom stereocenters. The molecule has 27 heavy (non-hydrogen) atoms. The fourth-order valence-electron chi connectivity index (χ4n) is 2.59. The van der Waals surface area contributed by atoms with E-state index >= 15 is 0 Å². The number of aryl methyl sites for hydroxylation is 1. The summed E-state index contributed by atoms with van der Waals surface area (Å²) in [6, 6.07) is 17.1. The number of anilines is 3. The number of carbonyl (C=O) groups is 1. The average molecular weight is 361 g/mol. The van der Waals surface area contributed by atoms with Gasteiger partial charge in [-0.3, -0.25) is 9.78 Å². The van der Waals surface area contributed by atoms with Crippen LogP contribution in [0.3, 0.4) is 0 Å². The molecule has 138 valence electrons. The third-order valence-corrected chi connectivity index (χ3v) is 3.91. The van der Waals surface area contributed by atoms with Crippen molar-refractivity contribution in [1.29, 1.82) is 0 Å². The van der Waals surface area contributed by atoms with Crippen LogP contribution in [0.15, 0.2) is 67.0 Å². The summed E-state index contributed by atoms with van der Waals surface area (Å²) in [4.78, 5) is 16.7. The predicted octanol–water partition coefficient (Wildman–Crippen LogP) is 5.17. The summed E-state index contributed by atoms with van der Waals surface area (Å²) < 4.78 is 5.61. The topological polar surface area (TPSA) is 63.2 Å². The first-order chi connectivity index (χ1) is 13.0. The van der Waals surface area contributed by atoms with Gasteiger partial charge in [-0.15, -0.1) is 0 Å². The SMILES string of the molecule is Cc1ccccc1Nc1cncc(C(=O)Nc2ccc(OC(C)C)cc2)c1. The lowest BCUT2D eigenvalue weighted by atomic mass is 10.2. The van der Waals surface area contributed by atoms with E-state index in [0.29, 0.717) is 11.3 Å². The Hall–Kier alpha value is -3.34. The highest BCUT2D eigenvalue weighted by Crippen LogP contribution is 2.21. The minimum Gasteiger partial charge on any atom is -0.491 e. The van der Waals surface area contributed by atoms with Crippen LogP contribution in [0.1, 0.15) is 29.8 Å². The molecule has 3 rings (SSSR count). The summed E-state index contributed by atoms with van der Waals surface area (Å²) >= 11 is 0. The van der Waals surface area contributed by atoms with E-state index in [2.05, 4.69) is 15.6 Å². The van der Waals surface area contributed by atoms with Crippen molar-refractivity contribution in [3.63, 3.8) is 0 Å². The Balaban J connectivity index is 1.69. The lowest BCUT2D eigenvalue weighted by molar-refractivity contribution is 0.102. The van der Waals surface area contributed by atoms with E-state index in [1.54, 1.807) is 18.5 Å². The maximum absolute atomic E-state index is 12.5. The van der Waals surface area contributed by atoms with Gasteiger partial charge in [0, 0.05) is 17.6 Å². The van der Waals surface area contributed by atoms with E-state index in [1.165, 1.54) is 0 Å². The number of rotatable bonds is 6. The van der Waals surface area contributed by atoms with Gasteiger partial charge in [0.2, 0.25) is 0 Å². The van der Waals surface area contributed by atoms with E-state index in [9.17, 15) is 4.79 Å². The van der Waals surface area contributed by atoms with Crippen LogP contribution in [0.5, 0.6) is 5.75 Å². The van der Waals surface area contributed by atoms with Gasteiger partial charge < -0.3 is 15.4 Å². The highest BCUT2D eigenvalue weighted by Gasteiger charge is 2.09. The van der Waals surface area contributed by atoms with Crippen molar-refractivity contribution >= 4 is 23.0 Å². The van der Waals surface area contributed by atoms with Crippen molar-refractivity contribution in [3.05, 3.63) is 78.1 Å². The maximum Gasteiger partial charge on any atom is 0.257 e. The molecule has 1 amide bonds. The molecule has 0 unspecified atom stereocenters. The van der Waals surface area contributed by atoms with Crippen molar-refractivity contribution < 1.29 is 9.53 Å². The fraction of sp³-hybridized carbons (Fsp3) is 0.182. The zero-order chi connectivity index (χ0) is 19.2. The third kappa shape index (κ3) is 5.07. The molecule has 0 aliphatic heterocycles. The summed E-state index contributed by atoms with van der Waals surface area (Å²) in [5.74, 6) is 0.558. The second-order valence-electron chi connectivity index (χ2n) is 6.55. The lowest BCUT2D eigenvalue weighted by Gasteiger charge is -2.12. The largest absolute Gasteiger partial charge is 0.491 e. The summed E-state index contributed by atoms with van der Waals surface area (Å²) in [7, 11) is 0. The zero-order valence-corrected chi connectivity index (χ0v) is 15.7. The molecule has 0 radical (unpaired) electrons. The summed E-state index contributed by atoms with van der Waals surface area (Å²) in [5.41, 5.74) is 4.05. The first kappa shape index (κ1) is 18.5. The second kappa shape index (κ2) is 8.36. The van der Waals surface area contributed by atoms with E-state index < -0.39 is 0 Å². The Morgan fingerprint density at radius 2 is 1.74 bits per heavy atom. The molecule has 1 heterocycles. The second-order valence-corrected chi connectivity index (χ2v) is 6.55. The summed E-state index contributed by atoms with van der Waals surface area (Å²) in [5, 5.41) is 6.18. The minimum atomic E-state index is -0.214. The third-order valence-electron chi connectivity index (χ3n) is 3.91. The molecule has 5 heteroatoms. The van der Waals surface area contributed by atoms with E-state index in [0.717, 1.165) is 22.7 Å². The molecule has 0 spiro atoms. The Morgan fingerprint density at radius 1 is 1.00 bits per heavy atom. The van der Waals surface area contributed by atoms with Gasteiger partial charge in [-0.05, 0) is 62.7 Å². The summed E-state index contributed by atoms with van der Waals surface area (Å²) in [6.07, 6.45) is 3.36. The molecule has 5 nitrogen and oxygen atoms in total. The number of ether oxygens (including phenoxy) is 1. The Labute approximate surface area is 159 Å². The highest BCUT2D eigenvalue weighted by molar-refractivity contribution is 6.04. The normalized spacial score (nSPS) is 10.5. The molecule has 0 aliphatic carbocycles. The minimum absolute atomic E-state index is 0.111. The van der Waals surface area contributed by atoms with Crippen molar-refractivity contribution in [2.45, 2.75) is 26.9 Å². The first-order valence-electron chi connectivity index (χ1n) is 8.87. The van der Waals surface area contributed by atoms with Crippen molar-refractivity contribution in [3.8, 4) is 5.75 Å².